The van der Waals surface area contributed by atoms with Gasteiger partial charge in [0.15, 0.2) is 6.29 Å². The number of aromatic nitrogens is 1. The zero-order chi connectivity index (χ0) is 43.0. The molecule has 2 saturated heterocycles. The molecule has 1 amide bonds. The van der Waals surface area contributed by atoms with Crippen molar-refractivity contribution < 1.29 is 71.5 Å². The van der Waals surface area contributed by atoms with E-state index in [4.69, 9.17) is 37.9 Å². The Morgan fingerprint density at radius 2 is 1.43 bits per heavy atom. The lowest BCUT2D eigenvalue weighted by atomic mass is 9.83. The standard InChI is InChI=1S/C43H46N2O15/c1-43(21-30-28(19-34(48)55-4)26(15-17-32(46)53-2)36(44-30)40(51)56-22-24-11-7-5-8-12-24)29(27(39(50)45-43)16-18-33(47)54-3)20-35(49)59-38-37-31(23-57-41(38)52)58-42(60-37)25-13-9-6-10-14-25/h5-14,31,37-38,42,44H,15-23H2,1-4H3,(H,45,50)/t31-,37-,38-,42-,43-/m1/s1. The van der Waals surface area contributed by atoms with E-state index in [9.17, 15) is 33.6 Å². The lowest BCUT2D eigenvalue weighted by Crippen LogP contribution is -2.51. The molecule has 318 valence electrons. The minimum Gasteiger partial charge on any atom is -0.469 e. The number of carbonyl (C=O) groups excluding carboxylic acids is 7. The van der Waals surface area contributed by atoms with Crippen LogP contribution in [0.5, 0.6) is 0 Å². The fourth-order valence-corrected chi connectivity index (χ4v) is 7.55. The Balaban J connectivity index is 1.33. The van der Waals surface area contributed by atoms with Crippen molar-refractivity contribution in [3.05, 3.63) is 105 Å². The highest BCUT2D eigenvalue weighted by Crippen LogP contribution is 2.39. The number of hydrogen-bond donors (Lipinski definition) is 2. The van der Waals surface area contributed by atoms with Gasteiger partial charge in [0.05, 0.1) is 39.7 Å². The second-order valence-electron chi connectivity index (χ2n) is 14.6. The van der Waals surface area contributed by atoms with E-state index in [1.165, 1.54) is 21.3 Å². The predicted octanol–water partition coefficient (Wildman–Crippen LogP) is 3.22. The van der Waals surface area contributed by atoms with Crippen molar-refractivity contribution in [1.82, 2.24) is 10.3 Å². The quantitative estimate of drug-likeness (QED) is 0.147. The molecule has 2 aromatic carbocycles. The Morgan fingerprint density at radius 3 is 2.10 bits per heavy atom. The largest absolute Gasteiger partial charge is 0.469 e. The van der Waals surface area contributed by atoms with Crippen LogP contribution >= 0.6 is 0 Å². The van der Waals surface area contributed by atoms with Gasteiger partial charge in [0, 0.05) is 36.1 Å². The van der Waals surface area contributed by atoms with Crippen molar-refractivity contribution in [2.75, 3.05) is 27.9 Å². The molecule has 3 aliphatic rings. The van der Waals surface area contributed by atoms with Gasteiger partial charge in [-0.15, -0.1) is 0 Å². The number of nitrogens with one attached hydrogen (secondary N) is 2. The zero-order valence-electron chi connectivity index (χ0n) is 33.6. The maximum absolute atomic E-state index is 13.9. The minimum atomic E-state index is -1.50. The number of aromatic amines is 1. The summed E-state index contributed by atoms with van der Waals surface area (Å²) in [5.74, 6) is -4.96. The van der Waals surface area contributed by atoms with E-state index >= 15 is 0 Å². The lowest BCUT2D eigenvalue weighted by molar-refractivity contribution is -0.187. The van der Waals surface area contributed by atoms with Gasteiger partial charge in [-0.1, -0.05) is 60.7 Å². The van der Waals surface area contributed by atoms with Gasteiger partial charge < -0.3 is 48.2 Å². The van der Waals surface area contributed by atoms with Gasteiger partial charge in [-0.3, -0.25) is 24.0 Å². The summed E-state index contributed by atoms with van der Waals surface area (Å²) in [6.07, 6.45) is -5.62. The summed E-state index contributed by atoms with van der Waals surface area (Å²) in [5, 5.41) is 2.92. The number of methoxy groups -OCH3 is 3. The van der Waals surface area contributed by atoms with Gasteiger partial charge in [0.2, 0.25) is 12.0 Å². The molecule has 17 nitrogen and oxygen atoms in total. The van der Waals surface area contributed by atoms with E-state index in [2.05, 4.69) is 10.3 Å². The molecule has 0 unspecified atom stereocenters. The molecule has 0 aliphatic carbocycles. The molecule has 0 bridgehead atoms. The number of fused-ring (bicyclic) bond motifs is 1. The monoisotopic (exact) mass is 830 g/mol. The van der Waals surface area contributed by atoms with Crippen molar-refractivity contribution in [2.24, 2.45) is 0 Å². The van der Waals surface area contributed by atoms with E-state index in [1.54, 1.807) is 55.5 Å². The third kappa shape index (κ3) is 9.92. The number of benzene rings is 2. The maximum Gasteiger partial charge on any atom is 0.355 e. The van der Waals surface area contributed by atoms with Crippen molar-refractivity contribution in [3.8, 4) is 0 Å². The molecule has 5 atom stereocenters. The van der Waals surface area contributed by atoms with Crippen LogP contribution in [0.3, 0.4) is 0 Å². The molecule has 17 heteroatoms. The Labute approximate surface area is 344 Å². The van der Waals surface area contributed by atoms with Crippen molar-refractivity contribution in [3.63, 3.8) is 0 Å². The van der Waals surface area contributed by atoms with E-state index in [0.717, 1.165) is 0 Å². The predicted molar refractivity (Wildman–Crippen MR) is 205 cm³/mol. The molecule has 4 heterocycles. The van der Waals surface area contributed by atoms with E-state index < -0.39 is 78.3 Å². The summed E-state index contributed by atoms with van der Waals surface area (Å²) < 4.78 is 43.4. The first kappa shape index (κ1) is 43.3. The van der Waals surface area contributed by atoms with Gasteiger partial charge in [0.1, 0.15) is 31.1 Å². The number of hydrogen-bond acceptors (Lipinski definition) is 15. The van der Waals surface area contributed by atoms with E-state index in [-0.39, 0.29) is 74.3 Å². The van der Waals surface area contributed by atoms with Crippen LogP contribution in [0.4, 0.5) is 0 Å². The topological polar surface area (TPSA) is 221 Å². The summed E-state index contributed by atoms with van der Waals surface area (Å²) in [7, 11) is 3.63. The van der Waals surface area contributed by atoms with Crippen LogP contribution in [-0.2, 0) is 92.5 Å². The van der Waals surface area contributed by atoms with Crippen LogP contribution in [0.25, 0.3) is 0 Å². The van der Waals surface area contributed by atoms with Crippen LogP contribution in [-0.4, -0.2) is 98.5 Å². The molecule has 60 heavy (non-hydrogen) atoms. The van der Waals surface area contributed by atoms with Crippen molar-refractivity contribution >= 4 is 41.7 Å². The number of ether oxygens (including phenoxy) is 8. The molecule has 3 aromatic rings. The highest BCUT2D eigenvalue weighted by Gasteiger charge is 2.52. The molecule has 0 saturated carbocycles. The first-order chi connectivity index (χ1) is 28.8. The van der Waals surface area contributed by atoms with Crippen LogP contribution in [0.2, 0.25) is 0 Å². The number of carbonyl (C=O) groups is 7. The lowest BCUT2D eigenvalue weighted by Gasteiger charge is -2.31. The van der Waals surface area contributed by atoms with E-state index in [1.807, 2.05) is 12.1 Å². The van der Waals surface area contributed by atoms with Gasteiger partial charge in [0.25, 0.3) is 0 Å². The summed E-state index contributed by atoms with van der Waals surface area (Å²) in [6, 6.07) is 18.0. The summed E-state index contributed by atoms with van der Waals surface area (Å²) in [4.78, 5) is 95.1. The molecule has 1 aromatic heterocycles. The summed E-state index contributed by atoms with van der Waals surface area (Å²) in [5.41, 5.74) is 1.16. The number of rotatable bonds is 17. The minimum absolute atomic E-state index is 0.0366. The van der Waals surface area contributed by atoms with Crippen LogP contribution < -0.4 is 5.32 Å². The first-order valence-electron chi connectivity index (χ1n) is 19.2. The fourth-order valence-electron chi connectivity index (χ4n) is 7.55. The smallest absolute Gasteiger partial charge is 0.355 e. The van der Waals surface area contributed by atoms with Crippen molar-refractivity contribution in [1.29, 1.82) is 0 Å². The van der Waals surface area contributed by atoms with Gasteiger partial charge in [-0.05, 0) is 42.0 Å². The van der Waals surface area contributed by atoms with Gasteiger partial charge >= 0.3 is 35.8 Å². The Hall–Kier alpha value is -6.33. The Bertz CT molecular complexity index is 2150. The SMILES string of the molecule is COC(=O)CCC1=C(CC(=O)O[C@H]2C(=O)OC[C@H]3O[C@@H](c4ccccc4)O[C@H]32)[C@@](C)(Cc2[nH]c(C(=O)OCc3ccccc3)c(CCC(=O)OC)c2CC(=O)OC)NC1=O. The van der Waals surface area contributed by atoms with Crippen LogP contribution in [0.1, 0.15) is 77.3 Å². The molecule has 2 fully saturated rings. The van der Waals surface area contributed by atoms with Crippen molar-refractivity contribution in [2.45, 2.75) is 88.6 Å². The molecule has 2 N–H and O–H groups in total. The second-order valence-corrected chi connectivity index (χ2v) is 14.6. The molecule has 0 radical (unpaired) electrons. The highest BCUT2D eigenvalue weighted by atomic mass is 16.8. The number of cyclic esters (lactones) is 1. The fraction of sp³-hybridized carbons (Fsp3) is 0.419. The maximum atomic E-state index is 13.9. The normalized spacial score (nSPS) is 22.0. The Morgan fingerprint density at radius 1 is 0.783 bits per heavy atom. The second kappa shape index (κ2) is 19.2. The summed E-state index contributed by atoms with van der Waals surface area (Å²) >= 11 is 0. The number of amides is 1. The molecule has 6 rings (SSSR count). The van der Waals surface area contributed by atoms with Gasteiger partial charge in [-0.25, -0.2) is 9.59 Å². The van der Waals surface area contributed by atoms with Crippen LogP contribution in [0, 0.1) is 0 Å². The van der Waals surface area contributed by atoms with Crippen LogP contribution in [0.15, 0.2) is 71.8 Å². The molecular formula is C43H46N2O15. The summed E-state index contributed by atoms with van der Waals surface area (Å²) in [6.45, 7) is 1.43. The third-order valence-electron chi connectivity index (χ3n) is 10.6. The molecule has 3 aliphatic heterocycles. The first-order valence-corrected chi connectivity index (χ1v) is 19.2. The number of H-pyrrole nitrogens is 1. The Kier molecular flexibility index (Phi) is 13.8. The average Bonchev–Trinajstić information content (AvgIpc) is 3.90. The van der Waals surface area contributed by atoms with Gasteiger partial charge in [-0.2, -0.15) is 0 Å². The molecular weight excluding hydrogens is 784 g/mol. The zero-order valence-corrected chi connectivity index (χ0v) is 33.6. The number of esters is 6. The molecule has 0 spiro atoms. The average molecular weight is 831 g/mol. The van der Waals surface area contributed by atoms with E-state index in [0.29, 0.717) is 22.3 Å². The third-order valence-corrected chi connectivity index (χ3v) is 10.6. The highest BCUT2D eigenvalue weighted by molar-refractivity contribution is 6.00.